The topological polar surface area (TPSA) is 31.4 Å². The predicted octanol–water partition coefficient (Wildman–Crippen LogP) is 9.94. The maximum Gasteiger partial charge on any atom is 0.279 e. The Morgan fingerprint density at radius 1 is 0.825 bits per heavy atom. The Balaban J connectivity index is 1.62. The monoisotopic (exact) mass is 569 g/mol. The summed E-state index contributed by atoms with van der Waals surface area (Å²) in [7, 11) is 0. The van der Waals surface area contributed by atoms with E-state index in [0.29, 0.717) is 26.1 Å². The average molecular weight is 570 g/mol. The van der Waals surface area contributed by atoms with E-state index in [9.17, 15) is 4.39 Å². The van der Waals surface area contributed by atoms with Crippen LogP contribution in [0.2, 0.25) is 0 Å². The fourth-order valence-corrected chi connectivity index (χ4v) is 5.33. The molecule has 1 heterocycles. The van der Waals surface area contributed by atoms with Gasteiger partial charge in [0, 0.05) is 24.7 Å². The summed E-state index contributed by atoms with van der Waals surface area (Å²) in [6.07, 6.45) is 11.3. The molecule has 3 nitrogen and oxygen atoms in total. The van der Waals surface area contributed by atoms with Gasteiger partial charge in [-0.05, 0) is 62.3 Å². The van der Waals surface area contributed by atoms with E-state index in [1.165, 1.54) is 24.6 Å². The number of hydrogen-bond donors (Lipinski definition) is 0. The summed E-state index contributed by atoms with van der Waals surface area (Å²) in [5.41, 5.74) is -1.29. The molecule has 0 amide bonds. The highest BCUT2D eigenvalue weighted by Gasteiger charge is 2.48. The van der Waals surface area contributed by atoms with Gasteiger partial charge in [0.2, 0.25) is 0 Å². The fraction of sp³-hybridized carbons (Fsp3) is 0.656. The van der Waals surface area contributed by atoms with Crippen LogP contribution in [0.3, 0.4) is 0 Å². The van der Waals surface area contributed by atoms with Crippen LogP contribution in [0.25, 0.3) is 11.3 Å². The van der Waals surface area contributed by atoms with Gasteiger partial charge in [-0.1, -0.05) is 65.2 Å². The highest BCUT2D eigenvalue weighted by molar-refractivity contribution is 5.63. The molecule has 0 spiro atoms. The van der Waals surface area contributed by atoms with E-state index in [2.05, 4.69) is 18.8 Å². The highest BCUT2D eigenvalue weighted by Crippen LogP contribution is 2.49. The van der Waals surface area contributed by atoms with Crippen LogP contribution in [0.1, 0.15) is 108 Å². The number of fused-ring (bicyclic) bond motifs is 1. The van der Waals surface area contributed by atoms with Gasteiger partial charge < -0.3 is 9.47 Å². The van der Waals surface area contributed by atoms with E-state index < -0.39 is 35.0 Å². The van der Waals surface area contributed by atoms with Crippen LogP contribution < -0.4 is 4.74 Å². The standard InChI is InChI=1S/C32H44F5NO2/c1-3-5-7-8-9-10-11-14-24-16-15-23-22-25(29(33)30(34)28(23)32(24,36)37)26-17-18-27(31(35)38-26)40-21-13-12-20-39-19-6-4-2/h17-18,22,24H,3-16,19-21H2,1-2H3. The van der Waals surface area contributed by atoms with Gasteiger partial charge in [0.1, 0.15) is 0 Å². The summed E-state index contributed by atoms with van der Waals surface area (Å²) in [5, 5.41) is 0. The Morgan fingerprint density at radius 3 is 2.23 bits per heavy atom. The van der Waals surface area contributed by atoms with Crippen LogP contribution in [0.5, 0.6) is 5.75 Å². The number of rotatable bonds is 18. The van der Waals surface area contributed by atoms with Crippen molar-refractivity contribution in [3.05, 3.63) is 46.9 Å². The highest BCUT2D eigenvalue weighted by atomic mass is 19.3. The van der Waals surface area contributed by atoms with Gasteiger partial charge in [-0.25, -0.2) is 22.5 Å². The molecule has 0 radical (unpaired) electrons. The van der Waals surface area contributed by atoms with E-state index in [1.807, 2.05) is 0 Å². The summed E-state index contributed by atoms with van der Waals surface area (Å²) in [5.74, 6) is -8.55. The van der Waals surface area contributed by atoms with Gasteiger partial charge in [-0.2, -0.15) is 4.39 Å². The largest absolute Gasteiger partial charge is 0.489 e. The average Bonchev–Trinajstić information content (AvgIpc) is 2.93. The third-order valence-electron chi connectivity index (χ3n) is 7.73. The first-order chi connectivity index (χ1) is 19.3. The third-order valence-corrected chi connectivity index (χ3v) is 7.73. The van der Waals surface area contributed by atoms with Crippen molar-refractivity contribution in [1.29, 1.82) is 0 Å². The van der Waals surface area contributed by atoms with Crippen molar-refractivity contribution in [2.45, 2.75) is 110 Å². The number of aromatic nitrogens is 1. The number of pyridine rings is 1. The molecule has 0 saturated carbocycles. The zero-order chi connectivity index (χ0) is 29.0. The molecular weight excluding hydrogens is 525 g/mol. The first-order valence-corrected chi connectivity index (χ1v) is 15.1. The van der Waals surface area contributed by atoms with Crippen molar-refractivity contribution in [3.8, 4) is 17.0 Å². The minimum Gasteiger partial charge on any atom is -0.489 e. The normalized spacial score (nSPS) is 16.2. The lowest BCUT2D eigenvalue weighted by atomic mass is 9.77. The first-order valence-electron chi connectivity index (χ1n) is 15.1. The van der Waals surface area contributed by atoms with Crippen LogP contribution in [-0.4, -0.2) is 24.8 Å². The minimum absolute atomic E-state index is 0.0541. The number of hydrogen-bond acceptors (Lipinski definition) is 3. The molecule has 0 N–H and O–H groups in total. The van der Waals surface area contributed by atoms with E-state index in [4.69, 9.17) is 9.47 Å². The Hall–Kier alpha value is -2.22. The Morgan fingerprint density at radius 2 is 1.50 bits per heavy atom. The van der Waals surface area contributed by atoms with Gasteiger partial charge in [-0.3, -0.25) is 0 Å². The van der Waals surface area contributed by atoms with Crippen molar-refractivity contribution in [2.75, 3.05) is 19.8 Å². The van der Waals surface area contributed by atoms with Gasteiger partial charge in [0.25, 0.3) is 11.9 Å². The summed E-state index contributed by atoms with van der Waals surface area (Å²) in [6, 6.07) is 3.83. The second-order valence-electron chi connectivity index (χ2n) is 10.9. The predicted molar refractivity (Wildman–Crippen MR) is 148 cm³/mol. The van der Waals surface area contributed by atoms with Crippen LogP contribution in [-0.2, 0) is 17.1 Å². The van der Waals surface area contributed by atoms with E-state index >= 15 is 17.6 Å². The second-order valence-corrected chi connectivity index (χ2v) is 10.9. The van der Waals surface area contributed by atoms with E-state index in [1.54, 1.807) is 0 Å². The number of nitrogens with zero attached hydrogens (tertiary/aromatic N) is 1. The van der Waals surface area contributed by atoms with Crippen LogP contribution in [0.15, 0.2) is 18.2 Å². The second kappa shape index (κ2) is 16.3. The molecule has 224 valence electrons. The van der Waals surface area contributed by atoms with Crippen LogP contribution in [0.4, 0.5) is 22.0 Å². The van der Waals surface area contributed by atoms with Gasteiger partial charge in [-0.15, -0.1) is 0 Å². The van der Waals surface area contributed by atoms with E-state index in [0.717, 1.165) is 51.4 Å². The lowest BCUT2D eigenvalue weighted by Crippen LogP contribution is -2.33. The van der Waals surface area contributed by atoms with E-state index in [-0.39, 0.29) is 48.4 Å². The lowest BCUT2D eigenvalue weighted by molar-refractivity contribution is -0.0823. The number of unbranched alkanes of at least 4 members (excludes halogenated alkanes) is 8. The maximum atomic E-state index is 15.4. The molecule has 3 rings (SSSR count). The smallest absolute Gasteiger partial charge is 0.279 e. The van der Waals surface area contributed by atoms with Crippen LogP contribution >= 0.6 is 0 Å². The molecule has 0 aliphatic heterocycles. The minimum atomic E-state index is -3.46. The number of aryl methyl sites for hydroxylation is 1. The molecule has 1 unspecified atom stereocenters. The Labute approximate surface area is 235 Å². The SMILES string of the molecule is CCCCCCCCCC1CCc2cc(-c3ccc(OCCCCOCCCC)c(F)n3)c(F)c(F)c2C1(F)F. The fourth-order valence-electron chi connectivity index (χ4n) is 5.33. The molecule has 0 bridgehead atoms. The van der Waals surface area contributed by atoms with Crippen molar-refractivity contribution in [2.24, 2.45) is 5.92 Å². The molecule has 1 aromatic heterocycles. The number of ether oxygens (including phenoxy) is 2. The number of halogens is 5. The summed E-state index contributed by atoms with van der Waals surface area (Å²) in [4.78, 5) is 3.76. The molecule has 1 aliphatic carbocycles. The molecule has 0 fully saturated rings. The molecule has 1 atom stereocenters. The van der Waals surface area contributed by atoms with Crippen molar-refractivity contribution < 1.29 is 31.4 Å². The summed E-state index contributed by atoms with van der Waals surface area (Å²) < 4.78 is 86.6. The quantitative estimate of drug-likeness (QED) is 0.102. The Kier molecular flexibility index (Phi) is 13.1. The van der Waals surface area contributed by atoms with Crippen molar-refractivity contribution in [3.63, 3.8) is 0 Å². The van der Waals surface area contributed by atoms with Gasteiger partial charge in [0.15, 0.2) is 17.4 Å². The molecular formula is C32H44F5NO2. The van der Waals surface area contributed by atoms with Gasteiger partial charge >= 0.3 is 0 Å². The lowest BCUT2D eigenvalue weighted by Gasteiger charge is -2.34. The zero-order valence-corrected chi connectivity index (χ0v) is 24.0. The van der Waals surface area contributed by atoms with Crippen molar-refractivity contribution in [1.82, 2.24) is 4.98 Å². The third kappa shape index (κ3) is 8.64. The first kappa shape index (κ1) is 32.3. The summed E-state index contributed by atoms with van der Waals surface area (Å²) in [6.45, 7) is 5.81. The van der Waals surface area contributed by atoms with Crippen molar-refractivity contribution >= 4 is 0 Å². The zero-order valence-electron chi connectivity index (χ0n) is 24.0. The molecule has 0 saturated heterocycles. The molecule has 1 aliphatic rings. The number of alkyl halides is 2. The maximum absolute atomic E-state index is 15.4. The Bertz CT molecular complexity index is 1060. The number of benzene rings is 1. The molecule has 1 aromatic carbocycles. The molecule has 2 aromatic rings. The van der Waals surface area contributed by atoms with Gasteiger partial charge in [0.05, 0.1) is 17.9 Å². The molecule has 8 heteroatoms. The van der Waals surface area contributed by atoms with Crippen LogP contribution in [0, 0.1) is 23.5 Å². The summed E-state index contributed by atoms with van der Waals surface area (Å²) >= 11 is 0. The molecule has 40 heavy (non-hydrogen) atoms.